The van der Waals surface area contributed by atoms with Crippen molar-refractivity contribution in [2.75, 3.05) is 17.2 Å². The fraction of sp³-hybridized carbons (Fsp3) is 0.105. The minimum atomic E-state index is -4.32. The fourth-order valence-electron chi connectivity index (χ4n) is 2.20. The molecule has 0 atom stereocenters. The molecule has 0 radical (unpaired) electrons. The van der Waals surface area contributed by atoms with Crippen LogP contribution >= 0.6 is 0 Å². The zero-order chi connectivity index (χ0) is 21.4. The third-order valence-electron chi connectivity index (χ3n) is 3.57. The molecule has 2 aromatic rings. The molecule has 2 rings (SSSR count). The van der Waals surface area contributed by atoms with Crippen molar-refractivity contribution >= 4 is 33.4 Å². The Morgan fingerprint density at radius 3 is 2.41 bits per heavy atom. The first-order chi connectivity index (χ1) is 13.8. The highest BCUT2D eigenvalue weighted by Crippen LogP contribution is 2.18. The minimum absolute atomic E-state index is 0.147. The largest absolute Gasteiger partial charge is 0.462 e. The van der Waals surface area contributed by atoms with Crippen LogP contribution in [0.2, 0.25) is 0 Å². The summed E-state index contributed by atoms with van der Waals surface area (Å²) in [6, 6.07) is 13.0. The first kappa shape index (κ1) is 21.6. The van der Waals surface area contributed by atoms with Crippen LogP contribution in [0.15, 0.2) is 65.2 Å². The van der Waals surface area contributed by atoms with Crippen LogP contribution in [0.5, 0.6) is 0 Å². The predicted molar refractivity (Wildman–Crippen MR) is 105 cm³/mol. The summed E-state index contributed by atoms with van der Waals surface area (Å²) in [5.41, 5.74) is 0.427. The van der Waals surface area contributed by atoms with Gasteiger partial charge in [-0.2, -0.15) is 13.7 Å². The van der Waals surface area contributed by atoms with Gasteiger partial charge in [0.1, 0.15) is 11.6 Å². The van der Waals surface area contributed by atoms with Gasteiger partial charge in [0.2, 0.25) is 0 Å². The number of carbonyl (C=O) groups is 2. The molecule has 0 aromatic heterocycles. The quantitative estimate of drug-likeness (QED) is 0.271. The van der Waals surface area contributed by atoms with Crippen LogP contribution in [0, 0.1) is 11.3 Å². The summed E-state index contributed by atoms with van der Waals surface area (Å²) in [4.78, 5) is 24.1. The van der Waals surface area contributed by atoms with Crippen molar-refractivity contribution in [1.82, 2.24) is 0 Å². The number of anilines is 2. The van der Waals surface area contributed by atoms with E-state index in [0.717, 1.165) is 18.3 Å². The van der Waals surface area contributed by atoms with E-state index in [1.807, 2.05) is 0 Å². The van der Waals surface area contributed by atoms with Gasteiger partial charge in [0.15, 0.2) is 0 Å². The lowest BCUT2D eigenvalue weighted by Crippen LogP contribution is -2.17. The summed E-state index contributed by atoms with van der Waals surface area (Å²) >= 11 is 0. The molecule has 10 heteroatoms. The number of carbonyl (C=O) groups excluding carboxylic acids is 2. The maximum atomic E-state index is 12.4. The van der Waals surface area contributed by atoms with Crippen LogP contribution < -0.4 is 10.6 Å². The molecule has 29 heavy (non-hydrogen) atoms. The van der Waals surface area contributed by atoms with E-state index in [0.29, 0.717) is 5.69 Å². The van der Waals surface area contributed by atoms with E-state index in [4.69, 9.17) is 9.29 Å². The van der Waals surface area contributed by atoms with Crippen molar-refractivity contribution in [1.29, 1.82) is 5.26 Å². The van der Waals surface area contributed by atoms with Gasteiger partial charge in [0.05, 0.1) is 22.8 Å². The van der Waals surface area contributed by atoms with Gasteiger partial charge in [-0.3, -0.25) is 9.35 Å². The summed E-state index contributed by atoms with van der Waals surface area (Å²) < 4.78 is 35.9. The van der Waals surface area contributed by atoms with E-state index < -0.39 is 22.0 Å². The molecule has 0 unspecified atom stereocenters. The summed E-state index contributed by atoms with van der Waals surface area (Å²) in [5, 5.41) is 14.4. The van der Waals surface area contributed by atoms with Crippen molar-refractivity contribution in [3.8, 4) is 6.07 Å². The van der Waals surface area contributed by atoms with Gasteiger partial charge in [0.25, 0.3) is 16.0 Å². The van der Waals surface area contributed by atoms with Crippen LogP contribution in [0.1, 0.15) is 17.3 Å². The number of para-hydroxylation sites is 1. The Bertz CT molecular complexity index is 1090. The second kappa shape index (κ2) is 9.50. The molecule has 9 nitrogen and oxygen atoms in total. The highest BCUT2D eigenvalue weighted by atomic mass is 32.2. The highest BCUT2D eigenvalue weighted by Gasteiger charge is 2.16. The van der Waals surface area contributed by atoms with Crippen molar-refractivity contribution in [2.24, 2.45) is 0 Å². The number of nitriles is 1. The first-order valence-corrected chi connectivity index (χ1v) is 9.72. The Balaban J connectivity index is 2.15. The third kappa shape index (κ3) is 5.90. The van der Waals surface area contributed by atoms with Gasteiger partial charge in [-0.05, 0) is 43.3 Å². The number of esters is 1. The van der Waals surface area contributed by atoms with Crippen molar-refractivity contribution < 1.29 is 27.3 Å². The van der Waals surface area contributed by atoms with Gasteiger partial charge in [0, 0.05) is 11.9 Å². The summed E-state index contributed by atoms with van der Waals surface area (Å²) in [6.07, 6.45) is 1.13. The Labute approximate surface area is 167 Å². The van der Waals surface area contributed by atoms with E-state index in [2.05, 4.69) is 10.6 Å². The topological polar surface area (TPSA) is 146 Å². The number of nitrogens with zero attached hydrogens (tertiary/aromatic N) is 1. The summed E-state index contributed by atoms with van der Waals surface area (Å²) in [6.45, 7) is 1.83. The molecule has 1 amide bonds. The average molecular weight is 415 g/mol. The number of rotatable bonds is 7. The standard InChI is InChI=1S/C19H17N3O6S/c1-2-28-19(24)16-5-3-4-6-17(16)22-18(23)13(11-20)12-21-14-7-9-15(10-8-14)29(25,26)27/h3-10,12,21H,2H2,1H3,(H,22,23)(H,25,26,27)/b13-12-. The Hall–Kier alpha value is -3.68. The second-order valence-electron chi connectivity index (χ2n) is 5.53. The molecule has 150 valence electrons. The van der Waals surface area contributed by atoms with E-state index in [9.17, 15) is 23.3 Å². The molecular weight excluding hydrogens is 398 g/mol. The second-order valence-corrected chi connectivity index (χ2v) is 6.96. The summed E-state index contributed by atoms with van der Waals surface area (Å²) in [7, 11) is -4.32. The van der Waals surface area contributed by atoms with Crippen molar-refractivity contribution in [3.63, 3.8) is 0 Å². The molecular formula is C19H17N3O6S. The van der Waals surface area contributed by atoms with Crippen LogP contribution in [0.25, 0.3) is 0 Å². The highest BCUT2D eigenvalue weighted by molar-refractivity contribution is 7.85. The molecule has 0 heterocycles. The number of benzene rings is 2. The lowest BCUT2D eigenvalue weighted by molar-refractivity contribution is -0.112. The number of nitrogens with one attached hydrogen (secondary N) is 2. The monoisotopic (exact) mass is 415 g/mol. The smallest absolute Gasteiger partial charge is 0.340 e. The van der Waals surface area contributed by atoms with Gasteiger partial charge in [-0.1, -0.05) is 12.1 Å². The fourth-order valence-corrected chi connectivity index (χ4v) is 2.68. The van der Waals surface area contributed by atoms with Crippen LogP contribution in [0.4, 0.5) is 11.4 Å². The molecule has 0 spiro atoms. The molecule has 0 bridgehead atoms. The maximum absolute atomic E-state index is 12.4. The van der Waals surface area contributed by atoms with E-state index in [-0.39, 0.29) is 28.3 Å². The molecule has 0 aliphatic rings. The number of ether oxygens (including phenoxy) is 1. The van der Waals surface area contributed by atoms with E-state index >= 15 is 0 Å². The normalized spacial score (nSPS) is 11.3. The number of hydrogen-bond donors (Lipinski definition) is 3. The Morgan fingerprint density at radius 1 is 1.17 bits per heavy atom. The lowest BCUT2D eigenvalue weighted by Gasteiger charge is -2.10. The molecule has 0 saturated heterocycles. The Kier molecular flexibility index (Phi) is 7.08. The molecule has 3 N–H and O–H groups in total. The van der Waals surface area contributed by atoms with E-state index in [1.165, 1.54) is 24.3 Å². The minimum Gasteiger partial charge on any atom is -0.462 e. The van der Waals surface area contributed by atoms with Gasteiger partial charge in [-0.25, -0.2) is 4.79 Å². The van der Waals surface area contributed by atoms with Crippen molar-refractivity contribution in [2.45, 2.75) is 11.8 Å². The van der Waals surface area contributed by atoms with Gasteiger partial charge < -0.3 is 15.4 Å². The molecule has 0 saturated carbocycles. The lowest BCUT2D eigenvalue weighted by atomic mass is 10.1. The SMILES string of the molecule is CCOC(=O)c1ccccc1NC(=O)/C(C#N)=C\Nc1ccc(S(=O)(=O)O)cc1. The molecule has 2 aromatic carbocycles. The zero-order valence-corrected chi connectivity index (χ0v) is 16.1. The molecule has 0 fully saturated rings. The Morgan fingerprint density at radius 2 is 1.83 bits per heavy atom. The summed E-state index contributed by atoms with van der Waals surface area (Å²) in [5.74, 6) is -1.37. The van der Waals surface area contributed by atoms with Crippen LogP contribution in [0.3, 0.4) is 0 Å². The molecule has 0 aliphatic heterocycles. The number of hydrogen-bond acceptors (Lipinski definition) is 7. The first-order valence-electron chi connectivity index (χ1n) is 8.28. The van der Waals surface area contributed by atoms with Crippen molar-refractivity contribution in [3.05, 3.63) is 65.9 Å². The molecule has 0 aliphatic carbocycles. The van der Waals surface area contributed by atoms with Crippen LogP contribution in [-0.4, -0.2) is 31.5 Å². The van der Waals surface area contributed by atoms with Crippen LogP contribution in [-0.2, 0) is 19.6 Å². The average Bonchev–Trinajstić information content (AvgIpc) is 2.68. The maximum Gasteiger partial charge on any atom is 0.340 e. The zero-order valence-electron chi connectivity index (χ0n) is 15.2. The third-order valence-corrected chi connectivity index (χ3v) is 4.44. The van der Waals surface area contributed by atoms with E-state index in [1.54, 1.807) is 25.1 Å². The number of amides is 1. The van der Waals surface area contributed by atoms with Gasteiger partial charge >= 0.3 is 5.97 Å². The van der Waals surface area contributed by atoms with Gasteiger partial charge in [-0.15, -0.1) is 0 Å². The predicted octanol–water partition coefficient (Wildman–Crippen LogP) is 2.57.